The third kappa shape index (κ3) is 3.29. The molecule has 0 aliphatic carbocycles. The van der Waals surface area contributed by atoms with Crippen molar-refractivity contribution in [2.24, 2.45) is 0 Å². The fourth-order valence-corrected chi connectivity index (χ4v) is 2.20. The van der Waals surface area contributed by atoms with Crippen LogP contribution >= 0.6 is 22.6 Å². The second kappa shape index (κ2) is 6.42. The van der Waals surface area contributed by atoms with Crippen molar-refractivity contribution in [3.63, 3.8) is 0 Å². The van der Waals surface area contributed by atoms with E-state index in [4.69, 9.17) is 9.15 Å². The highest BCUT2D eigenvalue weighted by Gasteiger charge is 2.12. The van der Waals surface area contributed by atoms with Gasteiger partial charge in [-0.2, -0.15) is 0 Å². The van der Waals surface area contributed by atoms with Gasteiger partial charge in [-0.1, -0.05) is 0 Å². The fourth-order valence-electron chi connectivity index (χ4n) is 1.46. The van der Waals surface area contributed by atoms with Crippen molar-refractivity contribution in [2.45, 2.75) is 0 Å². The number of carbonyl (C=O) groups excluding carboxylic acids is 2. The van der Waals surface area contributed by atoms with Crippen LogP contribution in [0.5, 0.6) is 5.75 Å². The molecule has 0 atom stereocenters. The van der Waals surface area contributed by atoms with E-state index in [-0.39, 0.29) is 5.76 Å². The van der Waals surface area contributed by atoms with Crippen LogP contribution in [0, 0.1) is 3.57 Å². The maximum Gasteiger partial charge on any atom is 0.305 e. The van der Waals surface area contributed by atoms with Crippen molar-refractivity contribution in [2.75, 3.05) is 7.11 Å². The van der Waals surface area contributed by atoms with E-state index in [1.165, 1.54) is 12.3 Å². The first kappa shape index (κ1) is 14.4. The van der Waals surface area contributed by atoms with Gasteiger partial charge in [0, 0.05) is 5.56 Å². The highest BCUT2D eigenvalue weighted by Crippen LogP contribution is 2.21. The Labute approximate surface area is 128 Å². The standard InChI is InChI=1S/C13H11IN2O4/c1-19-10-5-4-8(7-9(10)14)12(17)15-16-13(18)11-3-2-6-20-11/h2-7H,1H3,(H,15,17)(H,16,18). The first-order valence-electron chi connectivity index (χ1n) is 5.59. The number of nitrogens with one attached hydrogen (secondary N) is 2. The lowest BCUT2D eigenvalue weighted by molar-refractivity contribution is 0.0831. The van der Waals surface area contributed by atoms with Crippen molar-refractivity contribution in [3.8, 4) is 5.75 Å². The predicted molar refractivity (Wildman–Crippen MR) is 79.4 cm³/mol. The van der Waals surface area contributed by atoms with Gasteiger partial charge >= 0.3 is 5.91 Å². The molecular weight excluding hydrogens is 375 g/mol. The Morgan fingerprint density at radius 2 is 1.95 bits per heavy atom. The summed E-state index contributed by atoms with van der Waals surface area (Å²) < 4.78 is 10.8. The largest absolute Gasteiger partial charge is 0.496 e. The molecule has 2 N–H and O–H groups in total. The number of furan rings is 1. The lowest BCUT2D eigenvalue weighted by Gasteiger charge is -2.08. The van der Waals surface area contributed by atoms with Gasteiger partial charge in [0.1, 0.15) is 5.75 Å². The number of carbonyl (C=O) groups is 2. The van der Waals surface area contributed by atoms with Gasteiger partial charge < -0.3 is 9.15 Å². The van der Waals surface area contributed by atoms with Crippen molar-refractivity contribution in [1.29, 1.82) is 0 Å². The van der Waals surface area contributed by atoms with Crippen LogP contribution in [0.15, 0.2) is 41.0 Å². The lowest BCUT2D eigenvalue weighted by Crippen LogP contribution is -2.41. The highest BCUT2D eigenvalue weighted by molar-refractivity contribution is 14.1. The summed E-state index contributed by atoms with van der Waals surface area (Å²) in [6.45, 7) is 0. The number of methoxy groups -OCH3 is 1. The first-order chi connectivity index (χ1) is 9.61. The van der Waals surface area contributed by atoms with E-state index in [9.17, 15) is 9.59 Å². The van der Waals surface area contributed by atoms with Crippen LogP contribution in [-0.4, -0.2) is 18.9 Å². The molecule has 2 aromatic rings. The van der Waals surface area contributed by atoms with Gasteiger partial charge in [0.15, 0.2) is 5.76 Å². The van der Waals surface area contributed by atoms with E-state index in [1.54, 1.807) is 31.4 Å². The third-order valence-corrected chi connectivity index (χ3v) is 3.29. The van der Waals surface area contributed by atoms with Gasteiger partial charge in [0.25, 0.3) is 5.91 Å². The fraction of sp³-hybridized carbons (Fsp3) is 0.0769. The number of rotatable bonds is 3. The zero-order valence-electron chi connectivity index (χ0n) is 10.5. The molecule has 2 amide bonds. The lowest BCUT2D eigenvalue weighted by atomic mass is 10.2. The summed E-state index contributed by atoms with van der Waals surface area (Å²) in [6.07, 6.45) is 1.38. The molecule has 20 heavy (non-hydrogen) atoms. The van der Waals surface area contributed by atoms with Crippen molar-refractivity contribution in [1.82, 2.24) is 10.9 Å². The molecule has 0 unspecified atom stereocenters. The van der Waals surface area contributed by atoms with E-state index >= 15 is 0 Å². The molecule has 0 spiro atoms. The third-order valence-electron chi connectivity index (χ3n) is 2.45. The SMILES string of the molecule is COc1ccc(C(=O)NNC(=O)c2ccco2)cc1I. The van der Waals surface area contributed by atoms with E-state index in [0.717, 1.165) is 3.57 Å². The summed E-state index contributed by atoms with van der Waals surface area (Å²) in [5.74, 6) is -0.145. The van der Waals surface area contributed by atoms with Crippen LogP contribution < -0.4 is 15.6 Å². The molecule has 0 fully saturated rings. The quantitative estimate of drug-likeness (QED) is 0.625. The van der Waals surface area contributed by atoms with E-state index in [2.05, 4.69) is 33.4 Å². The van der Waals surface area contributed by atoms with E-state index in [0.29, 0.717) is 11.3 Å². The summed E-state index contributed by atoms with van der Waals surface area (Å²) >= 11 is 2.06. The van der Waals surface area contributed by atoms with Gasteiger partial charge in [-0.05, 0) is 52.9 Å². The van der Waals surface area contributed by atoms with Crippen LogP contribution in [0.3, 0.4) is 0 Å². The Hall–Kier alpha value is -2.03. The smallest absolute Gasteiger partial charge is 0.305 e. The molecule has 0 saturated heterocycles. The Morgan fingerprint density at radius 3 is 2.55 bits per heavy atom. The first-order valence-corrected chi connectivity index (χ1v) is 6.67. The number of hydrogen-bond donors (Lipinski definition) is 2. The van der Waals surface area contributed by atoms with E-state index < -0.39 is 11.8 Å². The van der Waals surface area contributed by atoms with Crippen LogP contribution in [0.1, 0.15) is 20.9 Å². The maximum absolute atomic E-state index is 11.9. The number of amides is 2. The average Bonchev–Trinajstić information content (AvgIpc) is 2.98. The molecule has 1 aromatic heterocycles. The molecule has 104 valence electrons. The Kier molecular flexibility index (Phi) is 4.61. The van der Waals surface area contributed by atoms with Crippen molar-refractivity contribution in [3.05, 3.63) is 51.5 Å². The Balaban J connectivity index is 1.98. The number of hydrazine groups is 1. The molecule has 0 radical (unpaired) electrons. The predicted octanol–water partition coefficient (Wildman–Crippen LogP) is 1.97. The van der Waals surface area contributed by atoms with Crippen LogP contribution in [-0.2, 0) is 0 Å². The highest BCUT2D eigenvalue weighted by atomic mass is 127. The van der Waals surface area contributed by atoms with Gasteiger partial charge in [-0.15, -0.1) is 0 Å². The second-order valence-corrected chi connectivity index (χ2v) is 4.90. The average molecular weight is 386 g/mol. The summed E-state index contributed by atoms with van der Waals surface area (Å²) in [5.41, 5.74) is 4.99. The number of benzene rings is 1. The van der Waals surface area contributed by atoms with Crippen LogP contribution in [0.4, 0.5) is 0 Å². The molecule has 0 bridgehead atoms. The number of halogens is 1. The van der Waals surface area contributed by atoms with Gasteiger partial charge in [-0.25, -0.2) is 0 Å². The molecule has 1 aromatic carbocycles. The zero-order chi connectivity index (χ0) is 14.5. The van der Waals surface area contributed by atoms with E-state index in [1.807, 2.05) is 0 Å². The molecular formula is C13H11IN2O4. The van der Waals surface area contributed by atoms with Gasteiger partial charge in [0.05, 0.1) is 16.9 Å². The number of ether oxygens (including phenoxy) is 1. The molecule has 0 saturated carbocycles. The zero-order valence-corrected chi connectivity index (χ0v) is 12.6. The summed E-state index contributed by atoms with van der Waals surface area (Å²) in [6, 6.07) is 8.04. The Bertz CT molecular complexity index is 625. The molecule has 0 aliphatic heterocycles. The minimum absolute atomic E-state index is 0.120. The molecule has 0 aliphatic rings. The van der Waals surface area contributed by atoms with Gasteiger partial charge in [-0.3, -0.25) is 20.4 Å². The van der Waals surface area contributed by atoms with Crippen LogP contribution in [0.25, 0.3) is 0 Å². The Morgan fingerprint density at radius 1 is 1.20 bits per heavy atom. The maximum atomic E-state index is 11.9. The second-order valence-electron chi connectivity index (χ2n) is 3.73. The minimum Gasteiger partial charge on any atom is -0.496 e. The summed E-state index contributed by atoms with van der Waals surface area (Å²) in [5, 5.41) is 0. The molecule has 2 rings (SSSR count). The van der Waals surface area contributed by atoms with Gasteiger partial charge in [0.2, 0.25) is 0 Å². The topological polar surface area (TPSA) is 80.6 Å². The van der Waals surface area contributed by atoms with Crippen molar-refractivity contribution >= 4 is 34.4 Å². The monoisotopic (exact) mass is 386 g/mol. The normalized spacial score (nSPS) is 9.90. The molecule has 7 heteroatoms. The van der Waals surface area contributed by atoms with Crippen molar-refractivity contribution < 1.29 is 18.7 Å². The summed E-state index contributed by atoms with van der Waals surface area (Å²) in [7, 11) is 1.56. The summed E-state index contributed by atoms with van der Waals surface area (Å²) in [4.78, 5) is 23.4. The number of hydrogen-bond acceptors (Lipinski definition) is 4. The molecule has 6 nitrogen and oxygen atoms in total. The molecule has 1 heterocycles. The minimum atomic E-state index is -0.522. The van der Waals surface area contributed by atoms with Crippen LogP contribution in [0.2, 0.25) is 0 Å².